The van der Waals surface area contributed by atoms with E-state index in [1.165, 1.54) is 11.8 Å². The van der Waals surface area contributed by atoms with Crippen LogP contribution in [0.25, 0.3) is 0 Å². The van der Waals surface area contributed by atoms with Crippen LogP contribution in [0.2, 0.25) is 10.0 Å². The smallest absolute Gasteiger partial charge is 0.340 e. The fourth-order valence-electron chi connectivity index (χ4n) is 1.84. The van der Waals surface area contributed by atoms with Crippen LogP contribution in [0.4, 0.5) is 0 Å². The highest BCUT2D eigenvalue weighted by molar-refractivity contribution is 7.98. The molecule has 0 atom stereocenters. The molecule has 1 aromatic carbocycles. The Morgan fingerprint density at radius 2 is 2.00 bits per heavy atom. The van der Waals surface area contributed by atoms with E-state index in [9.17, 15) is 9.90 Å². The van der Waals surface area contributed by atoms with Crippen LogP contribution < -0.4 is 0 Å². The molecule has 0 radical (unpaired) electrons. The van der Waals surface area contributed by atoms with Crippen molar-refractivity contribution in [3.63, 3.8) is 0 Å². The molecule has 1 N–H and O–H groups in total. The van der Waals surface area contributed by atoms with E-state index in [1.54, 1.807) is 26.0 Å². The van der Waals surface area contributed by atoms with Gasteiger partial charge in [0.1, 0.15) is 16.4 Å². The van der Waals surface area contributed by atoms with Gasteiger partial charge in [0.2, 0.25) is 0 Å². The third-order valence-electron chi connectivity index (χ3n) is 2.78. The Hall–Kier alpha value is -1.30. The Kier molecular flexibility index (Phi) is 5.08. The molecular formula is C14H12Cl2N2O2S. The lowest BCUT2D eigenvalue weighted by atomic mass is 10.2. The van der Waals surface area contributed by atoms with Crippen LogP contribution in [-0.2, 0) is 5.75 Å². The Morgan fingerprint density at radius 3 is 2.67 bits per heavy atom. The van der Waals surface area contributed by atoms with E-state index in [-0.39, 0.29) is 5.56 Å². The van der Waals surface area contributed by atoms with Gasteiger partial charge in [-0.3, -0.25) is 0 Å². The second kappa shape index (κ2) is 6.64. The number of nitrogens with zero attached hydrogens (tertiary/aromatic N) is 2. The van der Waals surface area contributed by atoms with Gasteiger partial charge in [-0.15, -0.1) is 11.8 Å². The molecule has 4 nitrogen and oxygen atoms in total. The molecule has 0 amide bonds. The lowest BCUT2D eigenvalue weighted by Gasteiger charge is -2.09. The van der Waals surface area contributed by atoms with E-state index in [4.69, 9.17) is 23.2 Å². The highest BCUT2D eigenvalue weighted by Crippen LogP contribution is 2.32. The summed E-state index contributed by atoms with van der Waals surface area (Å²) in [5.41, 5.74) is 1.41. The highest BCUT2D eigenvalue weighted by atomic mass is 35.5. The van der Waals surface area contributed by atoms with E-state index >= 15 is 0 Å². The first-order valence-corrected chi connectivity index (χ1v) is 7.78. The Bertz CT molecular complexity index is 708. The van der Waals surface area contributed by atoms with E-state index in [0.29, 0.717) is 32.3 Å². The van der Waals surface area contributed by atoms with E-state index in [1.807, 2.05) is 6.07 Å². The van der Waals surface area contributed by atoms with Gasteiger partial charge >= 0.3 is 5.97 Å². The average Bonchev–Trinajstić information content (AvgIpc) is 2.39. The summed E-state index contributed by atoms with van der Waals surface area (Å²) in [6.45, 7) is 3.39. The van der Waals surface area contributed by atoms with Crippen LogP contribution in [0.3, 0.4) is 0 Å². The molecule has 0 fully saturated rings. The number of carboxylic acid groups (broad SMARTS) is 1. The molecule has 0 aliphatic rings. The molecule has 21 heavy (non-hydrogen) atoms. The minimum atomic E-state index is -1.04. The number of aromatic carboxylic acids is 1. The molecule has 0 saturated carbocycles. The molecule has 0 saturated heterocycles. The van der Waals surface area contributed by atoms with Crippen molar-refractivity contribution in [2.45, 2.75) is 24.6 Å². The number of carboxylic acids is 1. The molecule has 110 valence electrons. The maximum Gasteiger partial charge on any atom is 0.340 e. The molecule has 0 unspecified atom stereocenters. The van der Waals surface area contributed by atoms with Gasteiger partial charge in [0, 0.05) is 5.75 Å². The Balaban J connectivity index is 2.32. The summed E-state index contributed by atoms with van der Waals surface area (Å²) in [6, 6.07) is 5.36. The molecule has 2 aromatic rings. The van der Waals surface area contributed by atoms with Gasteiger partial charge in [0.25, 0.3) is 0 Å². The molecule has 0 spiro atoms. The van der Waals surface area contributed by atoms with Crippen LogP contribution in [0, 0.1) is 13.8 Å². The van der Waals surface area contributed by atoms with Crippen molar-refractivity contribution in [3.8, 4) is 0 Å². The van der Waals surface area contributed by atoms with Gasteiger partial charge in [-0.05, 0) is 25.5 Å². The van der Waals surface area contributed by atoms with Crippen LogP contribution in [0.1, 0.15) is 27.4 Å². The molecule has 0 bridgehead atoms. The predicted molar refractivity (Wildman–Crippen MR) is 84.5 cm³/mol. The van der Waals surface area contributed by atoms with Crippen molar-refractivity contribution in [1.29, 1.82) is 0 Å². The van der Waals surface area contributed by atoms with Crippen molar-refractivity contribution in [2.24, 2.45) is 0 Å². The molecule has 2 rings (SSSR count). The molecule has 1 aromatic heterocycles. The SMILES string of the molecule is Cc1nc(C)c(C(=O)O)c(SCc2cccc(Cl)c2Cl)n1. The van der Waals surface area contributed by atoms with Gasteiger partial charge in [-0.25, -0.2) is 14.8 Å². The second-order valence-electron chi connectivity index (χ2n) is 4.34. The zero-order chi connectivity index (χ0) is 15.6. The van der Waals surface area contributed by atoms with Crippen molar-refractivity contribution < 1.29 is 9.90 Å². The van der Waals surface area contributed by atoms with Crippen molar-refractivity contribution >= 4 is 40.9 Å². The number of halogens is 2. The second-order valence-corrected chi connectivity index (χ2v) is 6.09. The summed E-state index contributed by atoms with van der Waals surface area (Å²) in [5.74, 6) is -0.0142. The minimum Gasteiger partial charge on any atom is -0.478 e. The lowest BCUT2D eigenvalue weighted by molar-refractivity contribution is 0.0690. The summed E-state index contributed by atoms with van der Waals surface area (Å²) >= 11 is 13.4. The fraction of sp³-hybridized carbons (Fsp3) is 0.214. The highest BCUT2D eigenvalue weighted by Gasteiger charge is 2.18. The van der Waals surface area contributed by atoms with Crippen LogP contribution in [-0.4, -0.2) is 21.0 Å². The normalized spacial score (nSPS) is 10.7. The van der Waals surface area contributed by atoms with Gasteiger partial charge in [0.05, 0.1) is 15.7 Å². The predicted octanol–water partition coefficient (Wildman–Crippen LogP) is 4.39. The Labute approximate surface area is 136 Å². The summed E-state index contributed by atoms with van der Waals surface area (Å²) in [6.07, 6.45) is 0. The first-order chi connectivity index (χ1) is 9.90. The topological polar surface area (TPSA) is 63.1 Å². The molecule has 0 aliphatic carbocycles. The van der Waals surface area contributed by atoms with Crippen molar-refractivity contribution in [3.05, 3.63) is 50.9 Å². The van der Waals surface area contributed by atoms with E-state index in [0.717, 1.165) is 5.56 Å². The van der Waals surface area contributed by atoms with Crippen LogP contribution >= 0.6 is 35.0 Å². The Morgan fingerprint density at radius 1 is 1.29 bits per heavy atom. The monoisotopic (exact) mass is 342 g/mol. The zero-order valence-corrected chi connectivity index (χ0v) is 13.7. The number of thioether (sulfide) groups is 1. The molecular weight excluding hydrogens is 331 g/mol. The molecule has 0 aliphatic heterocycles. The number of rotatable bonds is 4. The van der Waals surface area contributed by atoms with Gasteiger partial charge in [0.15, 0.2) is 0 Å². The summed E-state index contributed by atoms with van der Waals surface area (Å²) in [7, 11) is 0. The number of carbonyl (C=O) groups is 1. The number of aryl methyl sites for hydroxylation is 2. The largest absolute Gasteiger partial charge is 0.478 e. The van der Waals surface area contributed by atoms with Gasteiger partial charge in [-0.2, -0.15) is 0 Å². The molecule has 1 heterocycles. The van der Waals surface area contributed by atoms with Crippen LogP contribution in [0.15, 0.2) is 23.2 Å². The first-order valence-electron chi connectivity index (χ1n) is 6.04. The minimum absolute atomic E-state index is 0.128. The number of hydrogen-bond donors (Lipinski definition) is 1. The standard InChI is InChI=1S/C14H12Cl2N2O2S/c1-7-11(14(19)20)13(18-8(2)17-7)21-6-9-4-3-5-10(15)12(9)16/h3-5H,6H2,1-2H3,(H,19,20). The van der Waals surface area contributed by atoms with Gasteiger partial charge in [-0.1, -0.05) is 35.3 Å². The quantitative estimate of drug-likeness (QED) is 0.659. The maximum absolute atomic E-state index is 11.3. The molecule has 7 heteroatoms. The third kappa shape index (κ3) is 3.67. The third-order valence-corrected chi connectivity index (χ3v) is 4.66. The summed E-state index contributed by atoms with van der Waals surface area (Å²) < 4.78 is 0. The van der Waals surface area contributed by atoms with Crippen molar-refractivity contribution in [2.75, 3.05) is 0 Å². The first kappa shape index (κ1) is 16.1. The summed E-state index contributed by atoms with van der Waals surface area (Å²) in [5, 5.41) is 10.7. The van der Waals surface area contributed by atoms with Crippen molar-refractivity contribution in [1.82, 2.24) is 9.97 Å². The van der Waals surface area contributed by atoms with E-state index < -0.39 is 5.97 Å². The maximum atomic E-state index is 11.3. The zero-order valence-electron chi connectivity index (χ0n) is 11.4. The average molecular weight is 343 g/mol. The summed E-state index contributed by atoms with van der Waals surface area (Å²) in [4.78, 5) is 19.7. The van der Waals surface area contributed by atoms with Crippen LogP contribution in [0.5, 0.6) is 0 Å². The number of benzene rings is 1. The van der Waals surface area contributed by atoms with E-state index in [2.05, 4.69) is 9.97 Å². The number of hydrogen-bond acceptors (Lipinski definition) is 4. The lowest BCUT2D eigenvalue weighted by Crippen LogP contribution is -2.08. The number of aromatic nitrogens is 2. The fourth-order valence-corrected chi connectivity index (χ4v) is 3.41. The van der Waals surface area contributed by atoms with Gasteiger partial charge < -0.3 is 5.11 Å².